The average Bonchev–Trinajstić information content (AvgIpc) is 2.97. The third-order valence-corrected chi connectivity index (χ3v) is 12.9. The van der Waals surface area contributed by atoms with Crippen LogP contribution in [0, 0.1) is 34.6 Å². The first-order chi connectivity index (χ1) is 19.4. The van der Waals surface area contributed by atoms with Crippen LogP contribution in [0.5, 0.6) is 11.5 Å². The van der Waals surface area contributed by atoms with Crippen LogP contribution in [0.15, 0.2) is 67.0 Å². The molecule has 1 aromatic heterocycles. The second-order valence-corrected chi connectivity index (χ2v) is 21.8. The minimum atomic E-state index is -1.14. The zero-order chi connectivity index (χ0) is 28.5. The second kappa shape index (κ2) is 14.6. The summed E-state index contributed by atoms with van der Waals surface area (Å²) in [5.74, 6) is 4.06. The summed E-state index contributed by atoms with van der Waals surface area (Å²) in [6.45, 7) is 4.58. The van der Waals surface area contributed by atoms with Gasteiger partial charge in [-0.15, -0.1) is 0 Å². The summed E-state index contributed by atoms with van der Waals surface area (Å²) in [5, 5.41) is 9.41. The predicted molar refractivity (Wildman–Crippen MR) is 163 cm³/mol. The zero-order valence-electron chi connectivity index (χ0n) is 21.8. The van der Waals surface area contributed by atoms with E-state index >= 15 is 0 Å². The Morgan fingerprint density at radius 3 is 2.52 bits per heavy atom. The second-order valence-electron chi connectivity index (χ2n) is 8.78. The van der Waals surface area contributed by atoms with Crippen molar-refractivity contribution in [2.24, 2.45) is 0 Å². The van der Waals surface area contributed by atoms with E-state index in [1.807, 2.05) is 18.2 Å². The summed E-state index contributed by atoms with van der Waals surface area (Å²) in [7, 11) is 0. The molecule has 5 nitrogen and oxygen atoms in total. The van der Waals surface area contributed by atoms with E-state index in [0.717, 1.165) is 37.4 Å². The molecule has 0 spiro atoms. The van der Waals surface area contributed by atoms with Gasteiger partial charge in [-0.05, 0) is 12.1 Å². The van der Waals surface area contributed by atoms with Crippen molar-refractivity contribution in [3.8, 4) is 38.1 Å². The molecule has 0 saturated carbocycles. The maximum atomic E-state index is 11.7. The third kappa shape index (κ3) is 7.39. The number of hydrogen-bond donors (Lipinski definition) is 0. The molecule has 3 aromatic carbocycles. The Labute approximate surface area is 255 Å². The van der Waals surface area contributed by atoms with Gasteiger partial charge in [0.1, 0.15) is 18.4 Å². The first kappa shape index (κ1) is 30.0. The first-order valence-electron chi connectivity index (χ1n) is 12.2. The summed E-state index contributed by atoms with van der Waals surface area (Å²) in [6.07, 6.45) is 3.77. The summed E-state index contributed by atoms with van der Waals surface area (Å²) in [5.41, 5.74) is 7.98. The molecular formula is C31H22ClN2O3PSTl+. The molecule has 40 heavy (non-hydrogen) atoms. The molecule has 194 valence electrons. The third-order valence-electron chi connectivity index (χ3n) is 6.29. The molecule has 0 aliphatic carbocycles. The van der Waals surface area contributed by atoms with Crippen molar-refractivity contribution in [2.45, 2.75) is 27.1 Å². The quantitative estimate of drug-likeness (QED) is 0.0818. The number of aromatic nitrogens is 1. The van der Waals surface area contributed by atoms with Crippen LogP contribution in [0.1, 0.15) is 43.7 Å². The van der Waals surface area contributed by atoms with Crippen molar-refractivity contribution in [1.29, 1.82) is 5.26 Å². The molecule has 0 fully saturated rings. The van der Waals surface area contributed by atoms with Crippen LogP contribution in [0.4, 0.5) is 0 Å². The van der Waals surface area contributed by atoms with Gasteiger partial charge in [0.2, 0.25) is 0 Å². The molecule has 0 saturated heterocycles. The molecule has 0 atom stereocenters. The van der Waals surface area contributed by atoms with Gasteiger partial charge in [0.25, 0.3) is 0 Å². The van der Waals surface area contributed by atoms with Gasteiger partial charge in [0.05, 0.1) is 11.1 Å². The Morgan fingerprint density at radius 1 is 1.02 bits per heavy atom. The number of benzene rings is 3. The van der Waals surface area contributed by atoms with Gasteiger partial charge in [-0.25, -0.2) is 0 Å². The summed E-state index contributed by atoms with van der Waals surface area (Å²) in [4.78, 5) is 15.7. The van der Waals surface area contributed by atoms with Crippen LogP contribution in [0.3, 0.4) is 0 Å². The van der Waals surface area contributed by atoms with Crippen molar-refractivity contribution in [2.75, 3.05) is 0 Å². The topological polar surface area (TPSA) is 72.2 Å². The van der Waals surface area contributed by atoms with Crippen molar-refractivity contribution in [3.63, 3.8) is 0 Å². The van der Waals surface area contributed by atoms with E-state index in [1.165, 1.54) is 12.3 Å². The Morgan fingerprint density at radius 2 is 1.77 bits per heavy atom. The first-order valence-corrected chi connectivity index (χ1v) is 22.8. The van der Waals surface area contributed by atoms with Crippen LogP contribution in [-0.2, 0) is 25.0 Å². The molecule has 4 aromatic rings. The molecule has 0 aliphatic heterocycles. The normalized spacial score (nSPS) is 9.95. The number of hydrogen-bond acceptors (Lipinski definition) is 6. The fourth-order valence-corrected chi connectivity index (χ4v) is 7.86. The Bertz CT molecular complexity index is 1750. The number of ether oxygens (including phenoxy) is 2. The monoisotopic (exact) mass is 773 g/mol. The van der Waals surface area contributed by atoms with Gasteiger partial charge < -0.3 is 4.74 Å². The number of halogens is 1. The van der Waals surface area contributed by atoms with E-state index in [2.05, 4.69) is 52.5 Å². The number of aldehydes is 1. The van der Waals surface area contributed by atoms with Crippen molar-refractivity contribution in [3.05, 3.63) is 111 Å². The molecule has 1 heterocycles. The van der Waals surface area contributed by atoms with Gasteiger partial charge in [-0.1, -0.05) is 11.6 Å². The number of pyridine rings is 1. The molecule has 0 N–H and O–H groups in total. The predicted octanol–water partition coefficient (Wildman–Crippen LogP) is 7.20. The van der Waals surface area contributed by atoms with Crippen molar-refractivity contribution in [1.82, 2.24) is 4.98 Å². The van der Waals surface area contributed by atoms with Gasteiger partial charge in [-0.3, -0.25) is 9.78 Å². The molecule has 0 unspecified atom stereocenters. The van der Waals surface area contributed by atoms with E-state index in [4.69, 9.17) is 38.1 Å². The van der Waals surface area contributed by atoms with E-state index in [1.54, 1.807) is 18.3 Å². The van der Waals surface area contributed by atoms with Crippen LogP contribution in [0.25, 0.3) is 11.1 Å². The average molecular weight is 773 g/mol. The summed E-state index contributed by atoms with van der Waals surface area (Å²) in [6, 6.07) is 19.2. The zero-order valence-corrected chi connectivity index (χ0v) is 28.7. The van der Waals surface area contributed by atoms with Crippen LogP contribution in [-0.4, -0.2) is 34.4 Å². The standard InChI is InChI=1S/C31H22ClN2O3.PS.Tl/c1-4-24-7-5-9-27(20(24)2)28-10-6-8-25(21(28)3)19-37-31-13-30(26(17-35)12-29(31)32)36-18-23-11-22(14-33)15-34-16-23;1-2;/h5-13,15-17H,18-19H2,2-3H3;;/q;-1;+2. The van der Waals surface area contributed by atoms with Crippen molar-refractivity contribution < 1.29 is 14.3 Å². The number of carbonyl (C=O) groups excluding carboxylic acids is 1. The fraction of sp³-hybridized carbons (Fsp3) is 0.129. The van der Waals surface area contributed by atoms with E-state index in [0.29, 0.717) is 39.5 Å². The molecule has 4 rings (SSSR count). The van der Waals surface area contributed by atoms with Crippen LogP contribution < -0.4 is 9.47 Å². The molecule has 0 radical (unpaired) electrons. The Balaban J connectivity index is 1.57. The number of carbonyl (C=O) groups is 1. The van der Waals surface area contributed by atoms with Crippen LogP contribution in [0.2, 0.25) is 5.02 Å². The Kier molecular flexibility index (Phi) is 10.9. The van der Waals surface area contributed by atoms with Gasteiger partial charge >= 0.3 is 160 Å². The molecule has 0 aliphatic rings. The van der Waals surface area contributed by atoms with Crippen molar-refractivity contribution >= 4 is 56.8 Å². The van der Waals surface area contributed by atoms with E-state index < -0.39 is 23.1 Å². The number of rotatable bonds is 8. The van der Waals surface area contributed by atoms with E-state index in [9.17, 15) is 4.79 Å². The molecule has 0 amide bonds. The number of nitriles is 1. The van der Waals surface area contributed by atoms with Crippen LogP contribution >= 0.6 is 15.6 Å². The SMILES string of the molecule is Cc1c(C#[C][Tl]=[P+]=S)cccc1-c1cccc(COc2cc(OCc3cncc(C#N)c3)c(C=O)cc2Cl)c1C. The molecule has 0 bridgehead atoms. The Hall–Kier alpha value is -3.01. The molecular weight excluding hydrogens is 751 g/mol. The maximum absolute atomic E-state index is 11.7. The van der Waals surface area contributed by atoms with Gasteiger partial charge in [-0.2, -0.15) is 5.26 Å². The minimum absolute atomic E-state index is 0.129. The van der Waals surface area contributed by atoms with Gasteiger partial charge in [0.15, 0.2) is 6.29 Å². The van der Waals surface area contributed by atoms with Gasteiger partial charge in [0, 0.05) is 18.0 Å². The summed E-state index contributed by atoms with van der Waals surface area (Å²) >= 11 is 10.4. The van der Waals surface area contributed by atoms with E-state index in [-0.39, 0.29) is 13.2 Å². The molecule has 9 heteroatoms. The summed E-state index contributed by atoms with van der Waals surface area (Å²) < 4.78 is 16.4. The fourth-order valence-electron chi connectivity index (χ4n) is 4.15. The number of nitrogens with zero attached hydrogens (tertiary/aromatic N) is 2.